The van der Waals surface area contributed by atoms with Gasteiger partial charge in [-0.3, -0.25) is 9.59 Å². The van der Waals surface area contributed by atoms with Gasteiger partial charge in [0.15, 0.2) is 0 Å². The van der Waals surface area contributed by atoms with Crippen molar-refractivity contribution in [2.75, 3.05) is 33.0 Å². The predicted octanol–water partition coefficient (Wildman–Crippen LogP) is 3.39. The van der Waals surface area contributed by atoms with Crippen LogP contribution in [0, 0.1) is 5.92 Å². The molecule has 0 saturated carbocycles. The molecular formula is C23H24ClN7O2S. The lowest BCUT2D eigenvalue weighted by atomic mass is 9.87. The summed E-state index contributed by atoms with van der Waals surface area (Å²) in [6.45, 7) is 0.0867. The van der Waals surface area contributed by atoms with E-state index in [9.17, 15) is 9.59 Å². The van der Waals surface area contributed by atoms with Crippen LogP contribution < -0.4 is 5.32 Å². The second-order valence-electron chi connectivity index (χ2n) is 8.69. The summed E-state index contributed by atoms with van der Waals surface area (Å²) < 4.78 is 1.72. The smallest absolute Gasteiger partial charge is 0.241 e. The fraction of sp³-hybridized carbons (Fsp3) is 0.348. The number of nitrogens with zero attached hydrogens (tertiary/aromatic N) is 6. The highest BCUT2D eigenvalue weighted by atomic mass is 35.5. The Morgan fingerprint density at radius 1 is 1.29 bits per heavy atom. The number of hydrogen-bond acceptors (Lipinski definition) is 7. The lowest BCUT2D eigenvalue weighted by molar-refractivity contribution is -0.140. The summed E-state index contributed by atoms with van der Waals surface area (Å²) in [5, 5.41) is 9.11. The quantitative estimate of drug-likeness (QED) is 0.454. The van der Waals surface area contributed by atoms with Crippen molar-refractivity contribution >= 4 is 62.0 Å². The molecule has 0 aliphatic heterocycles. The van der Waals surface area contributed by atoms with Crippen LogP contribution in [0.25, 0.3) is 15.7 Å². The molecule has 1 N–H and O–H groups in total. The molecule has 176 valence electrons. The van der Waals surface area contributed by atoms with Crippen LogP contribution >= 0.6 is 22.9 Å². The molecular weight excluding hydrogens is 474 g/mol. The molecule has 0 spiro atoms. The van der Waals surface area contributed by atoms with Crippen molar-refractivity contribution in [1.29, 1.82) is 0 Å². The average Bonchev–Trinajstić information content (AvgIpc) is 3.42. The van der Waals surface area contributed by atoms with Gasteiger partial charge < -0.3 is 15.1 Å². The Labute approximate surface area is 205 Å². The van der Waals surface area contributed by atoms with Crippen LogP contribution in [0.3, 0.4) is 0 Å². The van der Waals surface area contributed by atoms with Gasteiger partial charge in [0.1, 0.15) is 17.0 Å². The highest BCUT2D eigenvalue weighted by molar-refractivity contribution is 7.19. The Kier molecular flexibility index (Phi) is 5.86. The fourth-order valence-electron chi connectivity index (χ4n) is 4.31. The van der Waals surface area contributed by atoms with Gasteiger partial charge in [0.25, 0.3) is 0 Å². The normalized spacial score (nSPS) is 15.4. The van der Waals surface area contributed by atoms with Gasteiger partial charge in [-0.15, -0.1) is 11.3 Å². The van der Waals surface area contributed by atoms with Crippen molar-refractivity contribution in [3.63, 3.8) is 0 Å². The number of hydrogen-bond donors (Lipinski definition) is 1. The maximum absolute atomic E-state index is 13.0. The van der Waals surface area contributed by atoms with Crippen molar-refractivity contribution in [1.82, 2.24) is 29.4 Å². The summed E-state index contributed by atoms with van der Waals surface area (Å²) in [6, 6.07) is 3.84. The predicted molar refractivity (Wildman–Crippen MR) is 133 cm³/mol. The summed E-state index contributed by atoms with van der Waals surface area (Å²) in [5.74, 6) is 0.465. The van der Waals surface area contributed by atoms with Gasteiger partial charge in [-0.25, -0.2) is 14.5 Å². The monoisotopic (exact) mass is 497 g/mol. The van der Waals surface area contributed by atoms with Crippen LogP contribution in [0.4, 0.5) is 11.5 Å². The third kappa shape index (κ3) is 4.07. The van der Waals surface area contributed by atoms with Crippen LogP contribution in [0.5, 0.6) is 0 Å². The van der Waals surface area contributed by atoms with Crippen molar-refractivity contribution in [3.8, 4) is 0 Å². The van der Waals surface area contributed by atoms with E-state index in [-0.39, 0.29) is 24.3 Å². The van der Waals surface area contributed by atoms with E-state index in [1.807, 2.05) is 12.1 Å². The van der Waals surface area contributed by atoms with Crippen molar-refractivity contribution < 1.29 is 9.59 Å². The molecule has 1 atom stereocenters. The first kappa shape index (κ1) is 22.5. The molecule has 0 aromatic carbocycles. The minimum atomic E-state index is -0.149. The largest absolute Gasteiger partial charge is 0.347 e. The Morgan fingerprint density at radius 3 is 2.91 bits per heavy atom. The van der Waals surface area contributed by atoms with E-state index in [1.165, 1.54) is 15.4 Å². The SMILES string of the molecule is CN(C)C(=O)CN(C)C(=O)C1CCc2c(sc3ncnc(Nc4cc5ccnn5cc4Cl)c23)C1. The first-order chi connectivity index (χ1) is 16.3. The molecule has 0 fully saturated rings. The molecule has 34 heavy (non-hydrogen) atoms. The molecule has 0 radical (unpaired) electrons. The number of halogens is 1. The zero-order valence-electron chi connectivity index (χ0n) is 19.1. The summed E-state index contributed by atoms with van der Waals surface area (Å²) >= 11 is 8.08. The van der Waals surface area contributed by atoms with Crippen LogP contribution in [0.2, 0.25) is 5.02 Å². The van der Waals surface area contributed by atoms with E-state index in [0.717, 1.165) is 39.1 Å². The van der Waals surface area contributed by atoms with Crippen LogP contribution in [0.1, 0.15) is 16.9 Å². The number of aryl methyl sites for hydroxylation is 1. The first-order valence-electron chi connectivity index (χ1n) is 10.9. The standard InChI is InChI=1S/C23H24ClN7O2S/c1-29(2)19(32)11-30(3)23(33)13-4-5-15-18(8-13)34-22-20(15)21(25-12-26-22)28-17-9-14-6-7-27-31(14)10-16(17)24/h6-7,9-10,12-13H,4-5,8,11H2,1-3H3,(H,25,26,28). The number of aromatic nitrogens is 4. The maximum atomic E-state index is 13.0. The molecule has 4 aromatic rings. The van der Waals surface area contributed by atoms with Gasteiger partial charge in [-0.1, -0.05) is 11.6 Å². The van der Waals surface area contributed by atoms with E-state index in [1.54, 1.807) is 55.7 Å². The van der Waals surface area contributed by atoms with E-state index in [0.29, 0.717) is 17.3 Å². The first-order valence-corrected chi connectivity index (χ1v) is 12.1. The number of pyridine rings is 1. The molecule has 1 aliphatic carbocycles. The second kappa shape index (κ2) is 8.84. The molecule has 9 nitrogen and oxygen atoms in total. The summed E-state index contributed by atoms with van der Waals surface area (Å²) in [7, 11) is 5.08. The molecule has 0 bridgehead atoms. The zero-order chi connectivity index (χ0) is 24.0. The highest BCUT2D eigenvalue weighted by Crippen LogP contribution is 2.41. The summed E-state index contributed by atoms with van der Waals surface area (Å²) in [5.41, 5.74) is 2.84. The number of fused-ring (bicyclic) bond motifs is 4. The van der Waals surface area contributed by atoms with Crippen molar-refractivity contribution in [2.45, 2.75) is 19.3 Å². The third-order valence-corrected chi connectivity index (χ3v) is 7.64. The van der Waals surface area contributed by atoms with Crippen LogP contribution in [0.15, 0.2) is 30.9 Å². The van der Waals surface area contributed by atoms with Gasteiger partial charge in [0.05, 0.1) is 28.2 Å². The Bertz CT molecular complexity index is 1410. The average molecular weight is 498 g/mol. The number of amides is 2. The minimum absolute atomic E-state index is 0.00336. The van der Waals surface area contributed by atoms with Gasteiger partial charge in [0.2, 0.25) is 11.8 Å². The Balaban J connectivity index is 1.41. The van der Waals surface area contributed by atoms with E-state index >= 15 is 0 Å². The van der Waals surface area contributed by atoms with Crippen LogP contribution in [-0.4, -0.2) is 68.9 Å². The number of anilines is 2. The number of nitrogens with one attached hydrogen (secondary N) is 1. The Morgan fingerprint density at radius 2 is 2.12 bits per heavy atom. The molecule has 1 unspecified atom stereocenters. The van der Waals surface area contributed by atoms with E-state index in [2.05, 4.69) is 20.4 Å². The minimum Gasteiger partial charge on any atom is -0.347 e. The van der Waals surface area contributed by atoms with Crippen molar-refractivity contribution in [3.05, 3.63) is 46.3 Å². The molecule has 0 saturated heterocycles. The van der Waals surface area contributed by atoms with Crippen LogP contribution in [-0.2, 0) is 22.4 Å². The highest BCUT2D eigenvalue weighted by Gasteiger charge is 2.31. The lowest BCUT2D eigenvalue weighted by Crippen LogP contribution is -2.41. The van der Waals surface area contributed by atoms with Gasteiger partial charge in [0, 0.05) is 44.3 Å². The maximum Gasteiger partial charge on any atom is 0.241 e. The summed E-state index contributed by atoms with van der Waals surface area (Å²) in [4.78, 5) is 39.1. The van der Waals surface area contributed by atoms with Crippen molar-refractivity contribution in [2.24, 2.45) is 5.92 Å². The number of thiophene rings is 1. The summed E-state index contributed by atoms with van der Waals surface area (Å²) in [6.07, 6.45) is 7.13. The molecule has 5 rings (SSSR count). The zero-order valence-corrected chi connectivity index (χ0v) is 20.7. The lowest BCUT2D eigenvalue weighted by Gasteiger charge is -2.27. The molecule has 4 aromatic heterocycles. The topological polar surface area (TPSA) is 95.7 Å². The molecule has 4 heterocycles. The Hall–Kier alpha value is -3.24. The van der Waals surface area contributed by atoms with Gasteiger partial charge >= 0.3 is 0 Å². The molecule has 2 amide bonds. The van der Waals surface area contributed by atoms with Gasteiger partial charge in [-0.2, -0.15) is 5.10 Å². The number of rotatable bonds is 5. The van der Waals surface area contributed by atoms with E-state index < -0.39 is 0 Å². The third-order valence-electron chi connectivity index (χ3n) is 6.18. The number of likely N-dealkylation sites (N-methyl/N-ethyl adjacent to an activating group) is 2. The number of carbonyl (C=O) groups excluding carboxylic acids is 2. The fourth-order valence-corrected chi connectivity index (χ4v) is 5.77. The second-order valence-corrected chi connectivity index (χ2v) is 10.2. The number of carbonyl (C=O) groups is 2. The molecule has 11 heteroatoms. The van der Waals surface area contributed by atoms with E-state index in [4.69, 9.17) is 11.6 Å². The molecule has 1 aliphatic rings. The van der Waals surface area contributed by atoms with Gasteiger partial charge in [-0.05, 0) is 37.0 Å².